The lowest BCUT2D eigenvalue weighted by atomic mass is 10.1. The van der Waals surface area contributed by atoms with Gasteiger partial charge < -0.3 is 10.3 Å². The summed E-state index contributed by atoms with van der Waals surface area (Å²) in [4.78, 5) is 4.16. The first kappa shape index (κ1) is 11.2. The molecule has 0 aliphatic rings. The summed E-state index contributed by atoms with van der Waals surface area (Å²) in [6.45, 7) is 2.68. The van der Waals surface area contributed by atoms with Crippen LogP contribution >= 0.6 is 11.6 Å². The van der Waals surface area contributed by atoms with Gasteiger partial charge in [0.05, 0.1) is 0 Å². The topological polar surface area (TPSA) is 43.8 Å². The fraction of sp³-hybridized carbons (Fsp3) is 0.250. The second-order valence-electron chi connectivity index (χ2n) is 3.79. The van der Waals surface area contributed by atoms with Crippen molar-refractivity contribution in [2.24, 2.45) is 5.73 Å². The first-order chi connectivity index (χ1) is 7.66. The molecule has 1 aromatic heterocycles. The van der Waals surface area contributed by atoms with E-state index >= 15 is 0 Å². The lowest BCUT2D eigenvalue weighted by Crippen LogP contribution is -2.17. The summed E-state index contributed by atoms with van der Waals surface area (Å²) in [6, 6.07) is 7.59. The Balaban J connectivity index is 2.14. The summed E-state index contributed by atoms with van der Waals surface area (Å²) >= 11 is 5.93. The van der Waals surface area contributed by atoms with Gasteiger partial charge in [-0.1, -0.05) is 23.7 Å². The van der Waals surface area contributed by atoms with E-state index in [9.17, 15) is 0 Å². The molecule has 2 rings (SSSR count). The summed E-state index contributed by atoms with van der Waals surface area (Å²) < 4.78 is 2.03. The number of nitrogens with zero attached hydrogens (tertiary/aromatic N) is 2. The molecule has 4 heteroatoms. The minimum absolute atomic E-state index is 0.0633. The maximum Gasteiger partial charge on any atom is 0.105 e. The summed E-state index contributed by atoms with van der Waals surface area (Å²) in [5, 5.41) is 0.718. The molecule has 0 saturated heterocycles. The zero-order valence-electron chi connectivity index (χ0n) is 9.10. The highest BCUT2D eigenvalue weighted by Crippen LogP contribution is 2.17. The van der Waals surface area contributed by atoms with Crippen LogP contribution < -0.4 is 5.73 Å². The average Bonchev–Trinajstić information content (AvgIpc) is 2.64. The van der Waals surface area contributed by atoms with E-state index in [1.807, 2.05) is 42.0 Å². The zero-order chi connectivity index (χ0) is 11.5. The van der Waals surface area contributed by atoms with Gasteiger partial charge in [0.2, 0.25) is 0 Å². The van der Waals surface area contributed by atoms with Gasteiger partial charge in [0.25, 0.3) is 0 Å². The van der Waals surface area contributed by atoms with Gasteiger partial charge in [-0.3, -0.25) is 0 Å². The number of nitrogens with two attached hydrogens (primary N) is 1. The molecular formula is C12H14ClN3. The highest BCUT2D eigenvalue weighted by molar-refractivity contribution is 6.30. The number of benzene rings is 1. The molecule has 0 aliphatic heterocycles. The molecule has 0 saturated carbocycles. The molecule has 0 radical (unpaired) electrons. The third-order valence-corrected chi connectivity index (χ3v) is 2.83. The predicted molar refractivity (Wildman–Crippen MR) is 65.3 cm³/mol. The molecule has 3 nitrogen and oxygen atoms in total. The van der Waals surface area contributed by atoms with Crippen LogP contribution in [0.2, 0.25) is 5.02 Å². The van der Waals surface area contributed by atoms with Gasteiger partial charge in [-0.15, -0.1) is 0 Å². The van der Waals surface area contributed by atoms with Crippen molar-refractivity contribution in [3.05, 3.63) is 53.1 Å². The summed E-state index contributed by atoms with van der Waals surface area (Å²) in [7, 11) is 0. The Labute approximate surface area is 99.9 Å². The minimum atomic E-state index is -0.0633. The first-order valence-corrected chi connectivity index (χ1v) is 5.53. The van der Waals surface area contributed by atoms with Crippen molar-refractivity contribution < 1.29 is 0 Å². The van der Waals surface area contributed by atoms with Gasteiger partial charge in [-0.05, 0) is 24.6 Å². The quantitative estimate of drug-likeness (QED) is 0.889. The second-order valence-corrected chi connectivity index (χ2v) is 4.22. The molecular weight excluding hydrogens is 222 g/mol. The van der Waals surface area contributed by atoms with Gasteiger partial charge in [0, 0.05) is 30.0 Å². The maximum absolute atomic E-state index is 6.12. The third kappa shape index (κ3) is 2.43. The molecule has 0 bridgehead atoms. The Kier molecular flexibility index (Phi) is 3.27. The van der Waals surface area contributed by atoms with E-state index in [-0.39, 0.29) is 6.04 Å². The van der Waals surface area contributed by atoms with Crippen molar-refractivity contribution in [3.8, 4) is 0 Å². The van der Waals surface area contributed by atoms with Gasteiger partial charge in [-0.2, -0.15) is 0 Å². The van der Waals surface area contributed by atoms with Crippen molar-refractivity contribution in [3.63, 3.8) is 0 Å². The molecule has 16 heavy (non-hydrogen) atoms. The smallest absolute Gasteiger partial charge is 0.105 e. The molecule has 0 fully saturated rings. The Morgan fingerprint density at radius 2 is 2.31 bits per heavy atom. The molecule has 1 aromatic carbocycles. The lowest BCUT2D eigenvalue weighted by molar-refractivity contribution is 0.565. The molecule has 1 unspecified atom stereocenters. The van der Waals surface area contributed by atoms with Crippen LogP contribution in [-0.2, 0) is 6.54 Å². The fourth-order valence-electron chi connectivity index (χ4n) is 1.65. The molecule has 1 atom stereocenters. The number of aryl methyl sites for hydroxylation is 1. The fourth-order valence-corrected chi connectivity index (χ4v) is 1.85. The SMILES string of the molecule is Cc1nccn1CC(N)c1cccc(Cl)c1. The van der Waals surface area contributed by atoms with Crippen LogP contribution in [0.4, 0.5) is 0 Å². The van der Waals surface area contributed by atoms with E-state index in [0.29, 0.717) is 6.54 Å². The normalized spacial score (nSPS) is 12.7. The molecule has 1 heterocycles. The number of imidazole rings is 1. The monoisotopic (exact) mass is 235 g/mol. The van der Waals surface area contributed by atoms with E-state index in [1.165, 1.54) is 0 Å². The number of halogens is 1. The van der Waals surface area contributed by atoms with Crippen molar-refractivity contribution in [1.29, 1.82) is 0 Å². The Morgan fingerprint density at radius 3 is 2.94 bits per heavy atom. The van der Waals surface area contributed by atoms with Crippen LogP contribution in [0.3, 0.4) is 0 Å². The van der Waals surface area contributed by atoms with Crippen molar-refractivity contribution in [2.75, 3.05) is 0 Å². The van der Waals surface area contributed by atoms with Crippen molar-refractivity contribution in [2.45, 2.75) is 19.5 Å². The van der Waals surface area contributed by atoms with E-state index in [4.69, 9.17) is 17.3 Å². The van der Waals surface area contributed by atoms with Crippen LogP contribution in [-0.4, -0.2) is 9.55 Å². The van der Waals surface area contributed by atoms with Crippen molar-refractivity contribution in [1.82, 2.24) is 9.55 Å². The van der Waals surface area contributed by atoms with Gasteiger partial charge >= 0.3 is 0 Å². The number of rotatable bonds is 3. The zero-order valence-corrected chi connectivity index (χ0v) is 9.85. The van der Waals surface area contributed by atoms with Crippen LogP contribution in [0.5, 0.6) is 0 Å². The Morgan fingerprint density at radius 1 is 1.50 bits per heavy atom. The largest absolute Gasteiger partial charge is 0.333 e. The number of aromatic nitrogens is 2. The minimum Gasteiger partial charge on any atom is -0.333 e. The van der Waals surface area contributed by atoms with Gasteiger partial charge in [0.15, 0.2) is 0 Å². The van der Waals surface area contributed by atoms with E-state index in [2.05, 4.69) is 4.98 Å². The van der Waals surface area contributed by atoms with Gasteiger partial charge in [0.1, 0.15) is 5.82 Å². The van der Waals surface area contributed by atoms with Crippen LogP contribution in [0, 0.1) is 6.92 Å². The predicted octanol–water partition coefficient (Wildman–Crippen LogP) is 2.54. The Hall–Kier alpha value is -1.32. The molecule has 2 aromatic rings. The number of hydrogen-bond donors (Lipinski definition) is 1. The van der Waals surface area contributed by atoms with Crippen LogP contribution in [0.15, 0.2) is 36.7 Å². The van der Waals surface area contributed by atoms with Crippen LogP contribution in [0.25, 0.3) is 0 Å². The molecule has 2 N–H and O–H groups in total. The third-order valence-electron chi connectivity index (χ3n) is 2.59. The summed E-state index contributed by atoms with van der Waals surface area (Å²) in [5.74, 6) is 0.970. The Bertz CT molecular complexity index is 479. The van der Waals surface area contributed by atoms with Gasteiger partial charge in [-0.25, -0.2) is 4.98 Å². The standard InChI is InChI=1S/C12H14ClN3/c1-9-15-5-6-16(9)8-12(14)10-3-2-4-11(13)7-10/h2-7,12H,8,14H2,1H3. The highest BCUT2D eigenvalue weighted by atomic mass is 35.5. The van der Waals surface area contributed by atoms with Crippen molar-refractivity contribution >= 4 is 11.6 Å². The molecule has 0 spiro atoms. The maximum atomic E-state index is 6.12. The molecule has 84 valence electrons. The van der Waals surface area contributed by atoms with E-state index in [0.717, 1.165) is 16.4 Å². The van der Waals surface area contributed by atoms with E-state index in [1.54, 1.807) is 6.20 Å². The lowest BCUT2D eigenvalue weighted by Gasteiger charge is -2.14. The summed E-state index contributed by atoms with van der Waals surface area (Å²) in [6.07, 6.45) is 3.71. The second kappa shape index (κ2) is 4.68. The molecule has 0 aliphatic carbocycles. The molecule has 0 amide bonds. The van der Waals surface area contributed by atoms with Crippen LogP contribution in [0.1, 0.15) is 17.4 Å². The average molecular weight is 236 g/mol. The summed E-state index contributed by atoms with van der Waals surface area (Å²) in [5.41, 5.74) is 7.16. The van der Waals surface area contributed by atoms with E-state index < -0.39 is 0 Å². The first-order valence-electron chi connectivity index (χ1n) is 5.15. The number of hydrogen-bond acceptors (Lipinski definition) is 2. The highest BCUT2D eigenvalue weighted by Gasteiger charge is 2.08.